The molecule has 0 unspecified atom stereocenters. The minimum atomic E-state index is -0.221. The van der Waals surface area contributed by atoms with Crippen LogP contribution in [0.25, 0.3) is 0 Å². The molecule has 0 aromatic heterocycles. The van der Waals surface area contributed by atoms with E-state index in [0.717, 1.165) is 18.4 Å². The van der Waals surface area contributed by atoms with Gasteiger partial charge in [0.25, 0.3) is 11.8 Å². The van der Waals surface area contributed by atoms with Crippen molar-refractivity contribution in [3.8, 4) is 0 Å². The largest absolute Gasteiger partial charge is 0.271 e. The molecule has 1 heterocycles. The van der Waals surface area contributed by atoms with Gasteiger partial charge in [0, 0.05) is 12.2 Å². The summed E-state index contributed by atoms with van der Waals surface area (Å²) in [6.07, 6.45) is 4.56. The molecule has 0 saturated carbocycles. The van der Waals surface area contributed by atoms with E-state index in [4.69, 9.17) is 0 Å². The molecule has 0 spiro atoms. The smallest absolute Gasteiger partial charge is 0.253 e. The predicted molar refractivity (Wildman–Crippen MR) is 69.9 cm³/mol. The van der Waals surface area contributed by atoms with Crippen LogP contribution in [-0.2, 0) is 29.0 Å². The Morgan fingerprint density at radius 1 is 0.944 bits per heavy atom. The number of amides is 2. The summed E-state index contributed by atoms with van der Waals surface area (Å²) in [5.74, 6) is -0.441. The van der Waals surface area contributed by atoms with Crippen molar-refractivity contribution in [1.82, 2.24) is 4.90 Å². The average molecular weight is 243 g/mol. The lowest BCUT2D eigenvalue weighted by atomic mass is 10.0. The lowest BCUT2D eigenvalue weighted by Gasteiger charge is -2.17. The van der Waals surface area contributed by atoms with E-state index in [1.807, 2.05) is 6.07 Å². The summed E-state index contributed by atoms with van der Waals surface area (Å²) in [7, 11) is 0. The number of carbonyl (C=O) groups excluding carboxylic acids is 2. The van der Waals surface area contributed by atoms with Gasteiger partial charge in [-0.25, -0.2) is 0 Å². The molecule has 1 aromatic carbocycles. The third kappa shape index (κ3) is 2.35. The van der Waals surface area contributed by atoms with Crippen LogP contribution in [0.2, 0.25) is 0 Å². The number of benzene rings is 1. The van der Waals surface area contributed by atoms with Gasteiger partial charge < -0.3 is 0 Å². The van der Waals surface area contributed by atoms with Crippen molar-refractivity contribution in [2.24, 2.45) is 0 Å². The molecule has 18 heavy (non-hydrogen) atoms. The Bertz CT molecular complexity index is 499. The van der Waals surface area contributed by atoms with Crippen LogP contribution in [0.3, 0.4) is 0 Å². The Morgan fingerprint density at radius 2 is 1.61 bits per heavy atom. The summed E-state index contributed by atoms with van der Waals surface area (Å²) in [5, 5.41) is 0. The Kier molecular flexibility index (Phi) is 3.60. The first-order chi connectivity index (χ1) is 8.65. The molecule has 3 heteroatoms. The van der Waals surface area contributed by atoms with Gasteiger partial charge in [-0.15, -0.1) is 0 Å². The Hall–Kier alpha value is -1.90. The van der Waals surface area contributed by atoms with Gasteiger partial charge in [0.1, 0.15) is 0 Å². The standard InChI is InChI=1S/C15H17NO2/c1-3-11-5-6-13(12(4-2)9-11)10-16-14(17)7-8-15(16)18/h5-9H,3-4,10H2,1-2H3. The SMILES string of the molecule is CCc1ccc(CN2C(=O)C=CC2=O)c(CC)c1. The van der Waals surface area contributed by atoms with Crippen LogP contribution in [-0.4, -0.2) is 16.7 Å². The van der Waals surface area contributed by atoms with Gasteiger partial charge in [0.05, 0.1) is 6.54 Å². The van der Waals surface area contributed by atoms with Gasteiger partial charge in [-0.1, -0.05) is 32.0 Å². The average Bonchev–Trinajstić information content (AvgIpc) is 2.71. The van der Waals surface area contributed by atoms with Crippen molar-refractivity contribution in [3.63, 3.8) is 0 Å². The fourth-order valence-electron chi connectivity index (χ4n) is 2.14. The lowest BCUT2D eigenvalue weighted by Crippen LogP contribution is -2.29. The van der Waals surface area contributed by atoms with E-state index in [0.29, 0.717) is 6.54 Å². The highest BCUT2D eigenvalue weighted by atomic mass is 16.2. The second kappa shape index (κ2) is 5.17. The minimum absolute atomic E-state index is 0.221. The zero-order chi connectivity index (χ0) is 13.1. The van der Waals surface area contributed by atoms with Gasteiger partial charge >= 0.3 is 0 Å². The van der Waals surface area contributed by atoms with Crippen molar-refractivity contribution >= 4 is 11.8 Å². The van der Waals surface area contributed by atoms with Gasteiger partial charge in [-0.2, -0.15) is 0 Å². The minimum Gasteiger partial charge on any atom is -0.271 e. The summed E-state index contributed by atoms with van der Waals surface area (Å²) < 4.78 is 0. The lowest BCUT2D eigenvalue weighted by molar-refractivity contribution is -0.137. The molecule has 0 bridgehead atoms. The van der Waals surface area contributed by atoms with E-state index in [1.165, 1.54) is 28.2 Å². The summed E-state index contributed by atoms with van der Waals surface area (Å²) in [6.45, 7) is 4.58. The van der Waals surface area contributed by atoms with E-state index in [1.54, 1.807) is 0 Å². The second-order valence-corrected chi connectivity index (χ2v) is 4.41. The molecular weight excluding hydrogens is 226 g/mol. The van der Waals surface area contributed by atoms with Gasteiger partial charge in [0.2, 0.25) is 0 Å². The van der Waals surface area contributed by atoms with Crippen molar-refractivity contribution in [3.05, 3.63) is 47.0 Å². The number of hydrogen-bond donors (Lipinski definition) is 0. The highest BCUT2D eigenvalue weighted by Crippen LogP contribution is 2.17. The summed E-state index contributed by atoms with van der Waals surface area (Å²) in [5.41, 5.74) is 3.55. The van der Waals surface area contributed by atoms with E-state index in [2.05, 4.69) is 26.0 Å². The molecule has 0 saturated heterocycles. The fraction of sp³-hybridized carbons (Fsp3) is 0.333. The number of carbonyl (C=O) groups is 2. The van der Waals surface area contributed by atoms with Crippen LogP contribution in [0.15, 0.2) is 30.4 Å². The molecule has 1 aliphatic rings. The third-order valence-corrected chi connectivity index (χ3v) is 3.29. The number of nitrogens with zero attached hydrogens (tertiary/aromatic N) is 1. The predicted octanol–water partition coefficient (Wildman–Crippen LogP) is 2.24. The molecule has 0 radical (unpaired) electrons. The molecule has 0 fully saturated rings. The van der Waals surface area contributed by atoms with E-state index < -0.39 is 0 Å². The van der Waals surface area contributed by atoms with Crippen molar-refractivity contribution < 1.29 is 9.59 Å². The van der Waals surface area contributed by atoms with Crippen LogP contribution in [0.4, 0.5) is 0 Å². The quantitative estimate of drug-likeness (QED) is 0.760. The zero-order valence-corrected chi connectivity index (χ0v) is 10.8. The number of imide groups is 1. The van der Waals surface area contributed by atoms with E-state index in [9.17, 15) is 9.59 Å². The molecule has 2 amide bonds. The third-order valence-electron chi connectivity index (χ3n) is 3.29. The van der Waals surface area contributed by atoms with Crippen molar-refractivity contribution in [2.75, 3.05) is 0 Å². The van der Waals surface area contributed by atoms with E-state index >= 15 is 0 Å². The molecule has 1 aliphatic heterocycles. The fourth-order valence-corrected chi connectivity index (χ4v) is 2.14. The van der Waals surface area contributed by atoms with Crippen LogP contribution in [0.1, 0.15) is 30.5 Å². The molecule has 2 rings (SSSR count). The highest BCUT2D eigenvalue weighted by Gasteiger charge is 2.23. The number of aryl methyl sites for hydroxylation is 2. The van der Waals surface area contributed by atoms with Crippen LogP contribution < -0.4 is 0 Å². The molecule has 94 valence electrons. The maximum atomic E-state index is 11.5. The first kappa shape index (κ1) is 12.6. The zero-order valence-electron chi connectivity index (χ0n) is 10.8. The highest BCUT2D eigenvalue weighted by molar-refractivity contribution is 6.12. The van der Waals surface area contributed by atoms with Gasteiger partial charge in [-0.3, -0.25) is 14.5 Å². The molecule has 0 aliphatic carbocycles. The van der Waals surface area contributed by atoms with Crippen LogP contribution in [0, 0.1) is 0 Å². The second-order valence-electron chi connectivity index (χ2n) is 4.41. The van der Waals surface area contributed by atoms with Gasteiger partial charge in [0.15, 0.2) is 0 Å². The number of rotatable bonds is 4. The van der Waals surface area contributed by atoms with Crippen LogP contribution >= 0.6 is 0 Å². The Morgan fingerprint density at radius 3 is 2.17 bits per heavy atom. The maximum Gasteiger partial charge on any atom is 0.253 e. The Balaban J connectivity index is 2.24. The topological polar surface area (TPSA) is 37.4 Å². The summed E-state index contributed by atoms with van der Waals surface area (Å²) in [6, 6.07) is 6.25. The van der Waals surface area contributed by atoms with Crippen molar-refractivity contribution in [1.29, 1.82) is 0 Å². The monoisotopic (exact) mass is 243 g/mol. The molecule has 0 N–H and O–H groups in total. The number of hydrogen-bond acceptors (Lipinski definition) is 2. The first-order valence-electron chi connectivity index (χ1n) is 6.30. The molecular formula is C15H17NO2. The first-order valence-corrected chi connectivity index (χ1v) is 6.30. The van der Waals surface area contributed by atoms with Crippen LogP contribution in [0.5, 0.6) is 0 Å². The van der Waals surface area contributed by atoms with Gasteiger partial charge in [-0.05, 0) is 29.5 Å². The maximum absolute atomic E-state index is 11.5. The summed E-state index contributed by atoms with van der Waals surface area (Å²) in [4.78, 5) is 24.3. The Labute approximate surface area is 107 Å². The van der Waals surface area contributed by atoms with E-state index in [-0.39, 0.29) is 11.8 Å². The molecule has 3 nitrogen and oxygen atoms in total. The normalized spacial score (nSPS) is 14.7. The van der Waals surface area contributed by atoms with Crippen molar-refractivity contribution in [2.45, 2.75) is 33.2 Å². The molecule has 0 atom stereocenters. The molecule has 1 aromatic rings. The summed E-state index contributed by atoms with van der Waals surface area (Å²) >= 11 is 0.